The molecule has 0 saturated carbocycles. The van der Waals surface area contributed by atoms with E-state index in [-0.39, 0.29) is 0 Å². The number of hydrogen-bond acceptors (Lipinski definition) is 2. The fourth-order valence-electron chi connectivity index (χ4n) is 1.75. The van der Waals surface area contributed by atoms with Gasteiger partial charge in [-0.1, -0.05) is 64.7 Å². The van der Waals surface area contributed by atoms with Crippen LogP contribution in [0.25, 0.3) is 0 Å². The fourth-order valence-corrected chi connectivity index (χ4v) is 2.63. The maximum atomic E-state index is 10.1. The van der Waals surface area contributed by atoms with Crippen molar-refractivity contribution in [1.82, 2.24) is 0 Å². The number of carbonyl (C=O) groups is 1. The summed E-state index contributed by atoms with van der Waals surface area (Å²) >= 11 is 0. The molecule has 0 saturated heterocycles. The first-order valence-corrected chi connectivity index (χ1v) is 8.20. The Hall–Kier alpha value is -0.513. The first-order valence-electron chi connectivity index (χ1n) is 6.63. The summed E-state index contributed by atoms with van der Waals surface area (Å²) in [7, 11) is -0.786. The van der Waals surface area contributed by atoms with E-state index in [2.05, 4.69) is 11.3 Å². The van der Waals surface area contributed by atoms with Crippen LogP contribution in [-0.2, 0) is 4.43 Å². The molecular weight excluding hydrogens is 220 g/mol. The van der Waals surface area contributed by atoms with Gasteiger partial charge in [-0.2, -0.15) is 0 Å². The highest BCUT2D eigenvalue weighted by atomic mass is 28.2. The van der Waals surface area contributed by atoms with Crippen molar-refractivity contribution in [2.45, 2.75) is 70.8 Å². The summed E-state index contributed by atoms with van der Waals surface area (Å²) in [5.74, 6) is 0. The second-order valence-corrected chi connectivity index (χ2v) is 5.70. The molecule has 0 aromatic carbocycles. The quantitative estimate of drug-likeness (QED) is 0.446. The summed E-state index contributed by atoms with van der Waals surface area (Å²) in [6.45, 7) is 2.24. The highest BCUT2D eigenvalue weighted by molar-refractivity contribution is 6.29. The second-order valence-electron chi connectivity index (χ2n) is 4.30. The van der Waals surface area contributed by atoms with Gasteiger partial charge in [0.2, 0.25) is 9.76 Å². The van der Waals surface area contributed by atoms with Crippen molar-refractivity contribution < 1.29 is 14.3 Å². The monoisotopic (exact) mass is 246 g/mol. The Bertz CT molecular complexity index is 162. The van der Waals surface area contributed by atoms with Crippen LogP contribution in [0.4, 0.5) is 4.79 Å². The zero-order chi connectivity index (χ0) is 12.1. The third kappa shape index (κ3) is 13.5. The second kappa shape index (κ2) is 12.6. The van der Waals surface area contributed by atoms with Crippen molar-refractivity contribution >= 4 is 15.9 Å². The third-order valence-electron chi connectivity index (χ3n) is 2.72. The van der Waals surface area contributed by atoms with E-state index < -0.39 is 15.9 Å². The van der Waals surface area contributed by atoms with Gasteiger partial charge in [0.25, 0.3) is 0 Å². The van der Waals surface area contributed by atoms with Gasteiger partial charge in [-0.25, -0.2) is 4.79 Å². The molecule has 16 heavy (non-hydrogen) atoms. The van der Waals surface area contributed by atoms with Gasteiger partial charge < -0.3 is 9.53 Å². The largest absolute Gasteiger partial charge is 0.495 e. The Morgan fingerprint density at radius 3 is 2.00 bits per heavy atom. The van der Waals surface area contributed by atoms with E-state index in [1.807, 2.05) is 0 Å². The normalized spacial score (nSPS) is 11.1. The molecule has 0 heterocycles. The van der Waals surface area contributed by atoms with Crippen LogP contribution in [-0.4, -0.2) is 21.0 Å². The molecule has 0 aromatic heterocycles. The van der Waals surface area contributed by atoms with Gasteiger partial charge in [0.15, 0.2) is 0 Å². The standard InChI is InChI=1S/C12H26O3Si/c1-2-3-4-5-6-7-8-9-10-11-16-15-12(13)14/h2-11,16H2,1H3,(H,13,14). The lowest BCUT2D eigenvalue weighted by Crippen LogP contribution is -2.04. The molecule has 0 fully saturated rings. The number of rotatable bonds is 11. The molecule has 0 amide bonds. The summed E-state index contributed by atoms with van der Waals surface area (Å²) in [4.78, 5) is 10.1. The summed E-state index contributed by atoms with van der Waals surface area (Å²) in [6, 6.07) is 1.00. The highest BCUT2D eigenvalue weighted by Crippen LogP contribution is 2.10. The van der Waals surface area contributed by atoms with Crippen LogP contribution >= 0.6 is 0 Å². The molecule has 0 bridgehead atoms. The van der Waals surface area contributed by atoms with Crippen LogP contribution in [0.3, 0.4) is 0 Å². The van der Waals surface area contributed by atoms with Crippen LogP contribution in [0, 0.1) is 0 Å². The van der Waals surface area contributed by atoms with Crippen LogP contribution in [0.1, 0.15) is 64.7 Å². The molecule has 0 rings (SSSR count). The minimum atomic E-state index is -1.09. The smallest absolute Gasteiger partial charge is 0.491 e. The zero-order valence-electron chi connectivity index (χ0n) is 10.5. The SMILES string of the molecule is CCCCCCCCCCC[SiH2]OC(=O)O. The molecule has 0 aliphatic rings. The lowest BCUT2D eigenvalue weighted by Gasteiger charge is -2.02. The molecule has 0 unspecified atom stereocenters. The van der Waals surface area contributed by atoms with E-state index in [1.165, 1.54) is 51.4 Å². The molecule has 0 radical (unpaired) electrons. The van der Waals surface area contributed by atoms with Crippen molar-refractivity contribution in [3.05, 3.63) is 0 Å². The Balaban J connectivity index is 2.90. The summed E-state index contributed by atoms with van der Waals surface area (Å²) < 4.78 is 4.57. The Morgan fingerprint density at radius 2 is 1.50 bits per heavy atom. The highest BCUT2D eigenvalue weighted by Gasteiger charge is 1.96. The van der Waals surface area contributed by atoms with Crippen molar-refractivity contribution in [2.75, 3.05) is 0 Å². The van der Waals surface area contributed by atoms with Gasteiger partial charge in [-0.15, -0.1) is 0 Å². The van der Waals surface area contributed by atoms with E-state index in [0.29, 0.717) is 0 Å². The Labute approximate surface area is 102 Å². The number of hydrogen-bond donors (Lipinski definition) is 1. The van der Waals surface area contributed by atoms with Crippen molar-refractivity contribution in [1.29, 1.82) is 0 Å². The lowest BCUT2D eigenvalue weighted by molar-refractivity contribution is 0.146. The van der Waals surface area contributed by atoms with Crippen LogP contribution in [0.15, 0.2) is 0 Å². The maximum absolute atomic E-state index is 10.1. The molecular formula is C12H26O3Si. The van der Waals surface area contributed by atoms with E-state index in [4.69, 9.17) is 5.11 Å². The summed E-state index contributed by atoms with van der Waals surface area (Å²) in [5, 5.41) is 8.27. The number of unbranched alkanes of at least 4 members (excludes halogenated alkanes) is 8. The van der Waals surface area contributed by atoms with Crippen molar-refractivity contribution in [2.24, 2.45) is 0 Å². The number of carboxylic acid groups (broad SMARTS) is 1. The summed E-state index contributed by atoms with van der Waals surface area (Å²) in [6.07, 6.45) is 10.7. The molecule has 0 aliphatic carbocycles. The minimum absolute atomic E-state index is 0.786. The average molecular weight is 246 g/mol. The average Bonchev–Trinajstić information content (AvgIpc) is 2.25. The molecule has 0 spiro atoms. The topological polar surface area (TPSA) is 46.5 Å². The Morgan fingerprint density at radius 1 is 1.00 bits per heavy atom. The molecule has 96 valence electrons. The van der Waals surface area contributed by atoms with Gasteiger partial charge in [0.05, 0.1) is 0 Å². The molecule has 0 aromatic rings. The first-order chi connectivity index (χ1) is 7.77. The Kier molecular flexibility index (Phi) is 12.2. The van der Waals surface area contributed by atoms with Crippen LogP contribution in [0.5, 0.6) is 0 Å². The third-order valence-corrected chi connectivity index (χ3v) is 3.96. The van der Waals surface area contributed by atoms with Crippen LogP contribution < -0.4 is 0 Å². The van der Waals surface area contributed by atoms with Crippen molar-refractivity contribution in [3.63, 3.8) is 0 Å². The van der Waals surface area contributed by atoms with Gasteiger partial charge in [0.1, 0.15) is 0 Å². The van der Waals surface area contributed by atoms with E-state index in [1.54, 1.807) is 0 Å². The van der Waals surface area contributed by atoms with Gasteiger partial charge in [-0.3, -0.25) is 0 Å². The van der Waals surface area contributed by atoms with Gasteiger partial charge >= 0.3 is 6.16 Å². The molecule has 1 N–H and O–H groups in total. The van der Waals surface area contributed by atoms with E-state index >= 15 is 0 Å². The molecule has 0 atom stereocenters. The van der Waals surface area contributed by atoms with E-state index in [0.717, 1.165) is 12.5 Å². The molecule has 3 nitrogen and oxygen atoms in total. The lowest BCUT2D eigenvalue weighted by atomic mass is 10.1. The van der Waals surface area contributed by atoms with Gasteiger partial charge in [0, 0.05) is 0 Å². The van der Waals surface area contributed by atoms with Gasteiger partial charge in [-0.05, 0) is 6.04 Å². The van der Waals surface area contributed by atoms with E-state index in [9.17, 15) is 4.79 Å². The fraction of sp³-hybridized carbons (Fsp3) is 0.917. The molecule has 4 heteroatoms. The maximum Gasteiger partial charge on any atom is 0.491 e. The zero-order valence-corrected chi connectivity index (χ0v) is 12.0. The first kappa shape index (κ1) is 15.5. The minimum Gasteiger partial charge on any atom is -0.495 e. The summed E-state index contributed by atoms with van der Waals surface area (Å²) in [5.41, 5.74) is 0. The predicted octanol–water partition coefficient (Wildman–Crippen LogP) is 3.71. The van der Waals surface area contributed by atoms with Crippen LogP contribution in [0.2, 0.25) is 6.04 Å². The predicted molar refractivity (Wildman–Crippen MR) is 69.7 cm³/mol. The molecule has 0 aliphatic heterocycles. The van der Waals surface area contributed by atoms with Crippen molar-refractivity contribution in [3.8, 4) is 0 Å².